The van der Waals surface area contributed by atoms with Crippen molar-refractivity contribution >= 4 is 10.9 Å². The van der Waals surface area contributed by atoms with E-state index in [9.17, 15) is 0 Å². The van der Waals surface area contributed by atoms with Crippen LogP contribution in [0.4, 0.5) is 0 Å². The van der Waals surface area contributed by atoms with Gasteiger partial charge in [0, 0.05) is 33.8 Å². The van der Waals surface area contributed by atoms with E-state index in [0.29, 0.717) is 18.1 Å². The molecule has 6 heteroatoms. The summed E-state index contributed by atoms with van der Waals surface area (Å²) in [7, 11) is 3.31. The first-order valence-corrected chi connectivity index (χ1v) is 12.4. The molecule has 0 spiro atoms. The van der Waals surface area contributed by atoms with Crippen LogP contribution in [0.15, 0.2) is 103 Å². The fourth-order valence-corrected chi connectivity index (χ4v) is 4.61. The maximum Gasteiger partial charge on any atom is 0.162 e. The minimum Gasteiger partial charge on any atom is -0.497 e. The zero-order valence-electron chi connectivity index (χ0n) is 21.2. The van der Waals surface area contributed by atoms with Crippen molar-refractivity contribution in [3.63, 3.8) is 0 Å². The molecule has 6 aromatic rings. The van der Waals surface area contributed by atoms with E-state index in [2.05, 4.69) is 22.1 Å². The number of methoxy groups -OCH3 is 2. The Kier molecular flexibility index (Phi) is 6.28. The predicted octanol–water partition coefficient (Wildman–Crippen LogP) is 7.49. The van der Waals surface area contributed by atoms with E-state index >= 15 is 0 Å². The summed E-state index contributed by atoms with van der Waals surface area (Å²) in [6, 6.07) is 32.2. The minimum absolute atomic E-state index is 0.441. The average Bonchev–Trinajstić information content (AvgIpc) is 3.61. The molecule has 188 valence electrons. The summed E-state index contributed by atoms with van der Waals surface area (Å²) in [5.74, 6) is 2.87. The standard InChI is InChI=1S/C32H27N3O3/c1-36-24-15-12-22(13-16-24)30-31(26-19-33-27-11-7-6-10-25(26)27)35-32(34-30)23-14-17-28(37-2)29(18-23)38-20-21-8-4-3-5-9-21/h3-19,33H,20H2,1-2H3,(H,34,35). The third-order valence-corrected chi connectivity index (χ3v) is 6.60. The summed E-state index contributed by atoms with van der Waals surface area (Å²) in [6.07, 6.45) is 2.03. The van der Waals surface area contributed by atoms with Crippen LogP contribution in [0.1, 0.15) is 5.56 Å². The first-order valence-electron chi connectivity index (χ1n) is 12.4. The number of para-hydroxylation sites is 1. The van der Waals surface area contributed by atoms with E-state index in [4.69, 9.17) is 19.2 Å². The Labute approximate surface area is 220 Å². The molecule has 0 radical (unpaired) electrons. The van der Waals surface area contributed by atoms with Crippen molar-refractivity contribution in [1.29, 1.82) is 0 Å². The molecule has 4 aromatic carbocycles. The number of H-pyrrole nitrogens is 2. The van der Waals surface area contributed by atoms with Gasteiger partial charge in [0.2, 0.25) is 0 Å². The number of ether oxygens (including phenoxy) is 3. The highest BCUT2D eigenvalue weighted by Crippen LogP contribution is 2.39. The maximum absolute atomic E-state index is 6.17. The van der Waals surface area contributed by atoms with Crippen LogP contribution in [-0.4, -0.2) is 29.2 Å². The van der Waals surface area contributed by atoms with E-state index in [-0.39, 0.29) is 0 Å². The number of aromatic amines is 2. The molecule has 0 saturated heterocycles. The smallest absolute Gasteiger partial charge is 0.162 e. The molecule has 0 fully saturated rings. The molecule has 0 amide bonds. The van der Waals surface area contributed by atoms with Crippen molar-refractivity contribution in [1.82, 2.24) is 15.0 Å². The fraction of sp³-hybridized carbons (Fsp3) is 0.0938. The van der Waals surface area contributed by atoms with Gasteiger partial charge < -0.3 is 24.2 Å². The van der Waals surface area contributed by atoms with Gasteiger partial charge in [-0.05, 0) is 54.1 Å². The van der Waals surface area contributed by atoms with Gasteiger partial charge in [-0.2, -0.15) is 0 Å². The van der Waals surface area contributed by atoms with Crippen molar-refractivity contribution in [3.8, 4) is 51.2 Å². The summed E-state index contributed by atoms with van der Waals surface area (Å²) in [5, 5.41) is 1.12. The van der Waals surface area contributed by atoms with Gasteiger partial charge in [0.05, 0.1) is 25.6 Å². The normalized spacial score (nSPS) is 11.0. The van der Waals surface area contributed by atoms with Gasteiger partial charge in [-0.25, -0.2) is 4.98 Å². The van der Waals surface area contributed by atoms with Gasteiger partial charge in [0.1, 0.15) is 18.2 Å². The quantitative estimate of drug-likeness (QED) is 0.227. The molecule has 2 aromatic heterocycles. The lowest BCUT2D eigenvalue weighted by atomic mass is 10.0. The second-order valence-electron chi connectivity index (χ2n) is 8.93. The molecule has 0 bridgehead atoms. The van der Waals surface area contributed by atoms with Crippen LogP contribution < -0.4 is 14.2 Å². The summed E-state index contributed by atoms with van der Waals surface area (Å²) >= 11 is 0. The Morgan fingerprint density at radius 3 is 2.29 bits per heavy atom. The number of benzene rings is 4. The first kappa shape index (κ1) is 23.4. The number of aromatic nitrogens is 3. The number of imidazole rings is 1. The van der Waals surface area contributed by atoms with Crippen LogP contribution in [0.2, 0.25) is 0 Å². The first-order chi connectivity index (χ1) is 18.7. The van der Waals surface area contributed by atoms with E-state index in [0.717, 1.165) is 56.1 Å². The molecular formula is C32H27N3O3. The van der Waals surface area contributed by atoms with Gasteiger partial charge in [-0.1, -0.05) is 48.5 Å². The molecule has 6 nitrogen and oxygen atoms in total. The average molecular weight is 502 g/mol. The molecule has 0 atom stereocenters. The van der Waals surface area contributed by atoms with E-state index in [1.807, 2.05) is 91.1 Å². The maximum atomic E-state index is 6.17. The Morgan fingerprint density at radius 2 is 1.50 bits per heavy atom. The monoisotopic (exact) mass is 501 g/mol. The van der Waals surface area contributed by atoms with Crippen LogP contribution >= 0.6 is 0 Å². The molecule has 2 heterocycles. The van der Waals surface area contributed by atoms with Crippen LogP contribution in [0.25, 0.3) is 44.8 Å². The topological polar surface area (TPSA) is 72.2 Å². The SMILES string of the molecule is COc1ccc(-c2nc(-c3ccc(OC)c(OCc4ccccc4)c3)[nH]c2-c2c[nH]c3ccccc23)cc1. The van der Waals surface area contributed by atoms with Gasteiger partial charge in [-0.3, -0.25) is 0 Å². The Balaban J connectivity index is 1.44. The second-order valence-corrected chi connectivity index (χ2v) is 8.93. The Bertz CT molecular complexity index is 1690. The molecule has 2 N–H and O–H groups in total. The van der Waals surface area contributed by atoms with Crippen LogP contribution in [-0.2, 0) is 6.61 Å². The summed E-state index contributed by atoms with van der Waals surface area (Å²) in [4.78, 5) is 12.1. The van der Waals surface area contributed by atoms with Crippen LogP contribution in [0.3, 0.4) is 0 Å². The van der Waals surface area contributed by atoms with Crippen molar-refractivity contribution < 1.29 is 14.2 Å². The molecule has 6 rings (SSSR count). The van der Waals surface area contributed by atoms with E-state index < -0.39 is 0 Å². The van der Waals surface area contributed by atoms with E-state index in [1.165, 1.54) is 0 Å². The van der Waals surface area contributed by atoms with Crippen LogP contribution in [0, 0.1) is 0 Å². The van der Waals surface area contributed by atoms with Crippen LogP contribution in [0.5, 0.6) is 17.2 Å². The predicted molar refractivity (Wildman–Crippen MR) is 151 cm³/mol. The van der Waals surface area contributed by atoms with Crippen molar-refractivity contribution in [2.45, 2.75) is 6.61 Å². The molecule has 0 aliphatic heterocycles. The molecule has 0 unspecified atom stereocenters. The van der Waals surface area contributed by atoms with E-state index in [1.54, 1.807) is 14.2 Å². The third kappa shape index (κ3) is 4.48. The summed E-state index contributed by atoms with van der Waals surface area (Å²) in [6.45, 7) is 0.441. The highest BCUT2D eigenvalue weighted by Gasteiger charge is 2.19. The van der Waals surface area contributed by atoms with Gasteiger partial charge >= 0.3 is 0 Å². The lowest BCUT2D eigenvalue weighted by molar-refractivity contribution is 0.284. The van der Waals surface area contributed by atoms with Crippen molar-refractivity contribution in [2.24, 2.45) is 0 Å². The number of hydrogen-bond donors (Lipinski definition) is 2. The van der Waals surface area contributed by atoms with Crippen molar-refractivity contribution in [3.05, 3.63) is 109 Å². The number of nitrogens with zero attached hydrogens (tertiary/aromatic N) is 1. The molecule has 0 aliphatic carbocycles. The molecular weight excluding hydrogens is 474 g/mol. The fourth-order valence-electron chi connectivity index (χ4n) is 4.61. The molecule has 0 saturated carbocycles. The zero-order chi connectivity index (χ0) is 25.9. The summed E-state index contributed by atoms with van der Waals surface area (Å²) < 4.78 is 17.1. The Morgan fingerprint density at radius 1 is 0.737 bits per heavy atom. The third-order valence-electron chi connectivity index (χ3n) is 6.60. The largest absolute Gasteiger partial charge is 0.497 e. The number of rotatable bonds is 8. The van der Waals surface area contributed by atoms with Gasteiger partial charge in [-0.15, -0.1) is 0 Å². The number of nitrogens with one attached hydrogen (secondary N) is 2. The Hall–Kier alpha value is -4.97. The van der Waals surface area contributed by atoms with Gasteiger partial charge in [0.25, 0.3) is 0 Å². The zero-order valence-corrected chi connectivity index (χ0v) is 21.2. The lowest BCUT2D eigenvalue weighted by Crippen LogP contribution is -1.98. The highest BCUT2D eigenvalue weighted by atomic mass is 16.5. The highest BCUT2D eigenvalue weighted by molar-refractivity contribution is 5.98. The lowest BCUT2D eigenvalue weighted by Gasteiger charge is -2.12. The molecule has 38 heavy (non-hydrogen) atoms. The summed E-state index contributed by atoms with van der Waals surface area (Å²) in [5.41, 5.74) is 6.89. The second kappa shape index (κ2) is 10.2. The van der Waals surface area contributed by atoms with Gasteiger partial charge in [0.15, 0.2) is 11.5 Å². The number of fused-ring (bicyclic) bond motifs is 1. The molecule has 0 aliphatic rings. The number of hydrogen-bond acceptors (Lipinski definition) is 4. The minimum atomic E-state index is 0.441. The van der Waals surface area contributed by atoms with Crippen molar-refractivity contribution in [2.75, 3.05) is 14.2 Å².